The molecule has 1 saturated heterocycles. The first-order valence-electron chi connectivity index (χ1n) is 11.6. The minimum atomic E-state index is -3.66. The molecule has 6 nitrogen and oxygen atoms in total. The highest BCUT2D eigenvalue weighted by atomic mass is 32.2. The second-order valence-corrected chi connectivity index (χ2v) is 11.9. The number of rotatable bonds is 4. The number of thiophene rings is 1. The molecule has 2 aromatic carbocycles. The molecule has 0 unspecified atom stereocenters. The molecule has 2 aliphatic heterocycles. The lowest BCUT2D eigenvalue weighted by atomic mass is 10.1. The van der Waals surface area contributed by atoms with Crippen molar-refractivity contribution in [3.63, 3.8) is 0 Å². The van der Waals surface area contributed by atoms with Crippen molar-refractivity contribution in [2.24, 2.45) is 0 Å². The summed E-state index contributed by atoms with van der Waals surface area (Å²) in [6, 6.07) is 14.8. The number of piperazine rings is 1. The molecule has 2 aliphatic rings. The normalized spacial score (nSPS) is 17.0. The van der Waals surface area contributed by atoms with Crippen molar-refractivity contribution in [1.29, 1.82) is 0 Å². The van der Waals surface area contributed by atoms with Gasteiger partial charge in [0.05, 0.1) is 4.90 Å². The number of carbonyl (C=O) groups excluding carboxylic acids is 1. The van der Waals surface area contributed by atoms with E-state index in [0.29, 0.717) is 31.7 Å². The molecular formula is C26H29N3O3S2. The van der Waals surface area contributed by atoms with Crippen LogP contribution < -0.4 is 4.90 Å². The predicted octanol–water partition coefficient (Wildman–Crippen LogP) is 4.07. The van der Waals surface area contributed by atoms with Gasteiger partial charge in [0.1, 0.15) is 0 Å². The largest absolute Gasteiger partial charge is 0.368 e. The average molecular weight is 496 g/mol. The maximum Gasteiger partial charge on any atom is 0.254 e. The van der Waals surface area contributed by atoms with Gasteiger partial charge < -0.3 is 9.80 Å². The highest BCUT2D eigenvalue weighted by molar-refractivity contribution is 7.89. The Morgan fingerprint density at radius 3 is 2.50 bits per heavy atom. The summed E-state index contributed by atoms with van der Waals surface area (Å²) < 4.78 is 28.2. The van der Waals surface area contributed by atoms with Gasteiger partial charge in [-0.15, -0.1) is 11.3 Å². The molecule has 3 heterocycles. The molecule has 5 rings (SSSR count). The fraction of sp³-hybridized carbons (Fsp3) is 0.346. The Labute approximate surface area is 205 Å². The third kappa shape index (κ3) is 4.26. The standard InChI is InChI=1S/C26H29N3O3S2/c1-19-5-3-8-24(20(19)2)27-12-14-28(15-13-27)26(30)21-6-4-7-23(17-21)34(31,32)29-11-9-25-22(18-29)10-16-33-25/h3-8,10,16-17H,9,11-15,18H2,1-2H3. The summed E-state index contributed by atoms with van der Waals surface area (Å²) in [6.07, 6.45) is 0.732. The summed E-state index contributed by atoms with van der Waals surface area (Å²) in [7, 11) is -3.66. The van der Waals surface area contributed by atoms with Gasteiger partial charge in [0.15, 0.2) is 0 Å². The van der Waals surface area contributed by atoms with E-state index in [1.165, 1.54) is 32.1 Å². The zero-order chi connectivity index (χ0) is 23.9. The van der Waals surface area contributed by atoms with Gasteiger partial charge in [-0.2, -0.15) is 4.31 Å². The van der Waals surface area contributed by atoms with Crippen LogP contribution in [0.25, 0.3) is 0 Å². The number of anilines is 1. The van der Waals surface area contributed by atoms with E-state index in [0.717, 1.165) is 25.1 Å². The number of fused-ring (bicyclic) bond motifs is 1. The van der Waals surface area contributed by atoms with Gasteiger partial charge in [0, 0.05) is 55.4 Å². The SMILES string of the molecule is Cc1cccc(N2CCN(C(=O)c3cccc(S(=O)(=O)N4CCc5sccc5C4)c3)CC2)c1C. The maximum absolute atomic E-state index is 13.3. The molecule has 3 aromatic rings. The van der Waals surface area contributed by atoms with Crippen LogP contribution in [0.15, 0.2) is 58.8 Å². The molecule has 34 heavy (non-hydrogen) atoms. The monoisotopic (exact) mass is 495 g/mol. The van der Waals surface area contributed by atoms with Crippen molar-refractivity contribution >= 4 is 33.0 Å². The molecule has 0 aliphatic carbocycles. The fourth-order valence-corrected chi connectivity index (χ4v) is 7.13. The van der Waals surface area contributed by atoms with Crippen LogP contribution in [0.2, 0.25) is 0 Å². The summed E-state index contributed by atoms with van der Waals surface area (Å²) in [4.78, 5) is 18.8. The van der Waals surface area contributed by atoms with Gasteiger partial charge in [-0.05, 0) is 72.7 Å². The zero-order valence-electron chi connectivity index (χ0n) is 19.5. The van der Waals surface area contributed by atoms with Crippen LogP contribution in [0.4, 0.5) is 5.69 Å². The minimum Gasteiger partial charge on any atom is -0.368 e. The van der Waals surface area contributed by atoms with Crippen LogP contribution in [0.5, 0.6) is 0 Å². The van der Waals surface area contributed by atoms with Gasteiger partial charge in [-0.1, -0.05) is 18.2 Å². The minimum absolute atomic E-state index is 0.114. The van der Waals surface area contributed by atoms with E-state index in [1.807, 2.05) is 16.3 Å². The third-order valence-electron chi connectivity index (χ3n) is 6.98. The molecule has 1 amide bonds. The van der Waals surface area contributed by atoms with Gasteiger partial charge >= 0.3 is 0 Å². The van der Waals surface area contributed by atoms with Gasteiger partial charge in [0.2, 0.25) is 10.0 Å². The molecule has 0 radical (unpaired) electrons. The number of amides is 1. The Hall–Kier alpha value is -2.68. The van der Waals surface area contributed by atoms with E-state index >= 15 is 0 Å². The van der Waals surface area contributed by atoms with E-state index in [4.69, 9.17) is 0 Å². The first kappa shape index (κ1) is 23.1. The van der Waals surface area contributed by atoms with E-state index in [-0.39, 0.29) is 10.8 Å². The third-order valence-corrected chi connectivity index (χ3v) is 9.84. The number of sulfonamides is 1. The van der Waals surface area contributed by atoms with Crippen molar-refractivity contribution in [1.82, 2.24) is 9.21 Å². The number of hydrogen-bond donors (Lipinski definition) is 0. The second kappa shape index (κ2) is 9.17. The number of hydrogen-bond acceptors (Lipinski definition) is 5. The molecular weight excluding hydrogens is 466 g/mol. The molecule has 0 atom stereocenters. The second-order valence-electron chi connectivity index (χ2n) is 8.98. The van der Waals surface area contributed by atoms with Crippen molar-refractivity contribution in [2.75, 3.05) is 37.6 Å². The molecule has 8 heteroatoms. The summed E-state index contributed by atoms with van der Waals surface area (Å²) in [6.45, 7) is 7.83. The molecule has 178 valence electrons. The highest BCUT2D eigenvalue weighted by Gasteiger charge is 2.30. The van der Waals surface area contributed by atoms with Crippen LogP contribution in [0, 0.1) is 13.8 Å². The van der Waals surface area contributed by atoms with Crippen LogP contribution in [0.1, 0.15) is 31.9 Å². The molecule has 0 N–H and O–H groups in total. The fourth-order valence-electron chi connectivity index (χ4n) is 4.78. The van der Waals surface area contributed by atoms with Crippen molar-refractivity contribution in [2.45, 2.75) is 31.7 Å². The van der Waals surface area contributed by atoms with Crippen molar-refractivity contribution in [3.05, 3.63) is 81.0 Å². The lowest BCUT2D eigenvalue weighted by Crippen LogP contribution is -2.49. The van der Waals surface area contributed by atoms with Crippen LogP contribution >= 0.6 is 11.3 Å². The Morgan fingerprint density at radius 2 is 1.71 bits per heavy atom. The van der Waals surface area contributed by atoms with Gasteiger partial charge in [-0.3, -0.25) is 4.79 Å². The van der Waals surface area contributed by atoms with E-state index in [2.05, 4.69) is 36.9 Å². The molecule has 0 saturated carbocycles. The van der Waals surface area contributed by atoms with Crippen LogP contribution in [0.3, 0.4) is 0 Å². The van der Waals surface area contributed by atoms with Crippen molar-refractivity contribution < 1.29 is 13.2 Å². The average Bonchev–Trinajstić information content (AvgIpc) is 3.34. The summed E-state index contributed by atoms with van der Waals surface area (Å²) in [5, 5.41) is 2.01. The lowest BCUT2D eigenvalue weighted by Gasteiger charge is -2.37. The first-order valence-corrected chi connectivity index (χ1v) is 13.9. The quantitative estimate of drug-likeness (QED) is 0.547. The molecule has 1 fully saturated rings. The number of benzene rings is 2. The lowest BCUT2D eigenvalue weighted by molar-refractivity contribution is 0.0746. The Balaban J connectivity index is 1.29. The van der Waals surface area contributed by atoms with E-state index < -0.39 is 10.0 Å². The smallest absolute Gasteiger partial charge is 0.254 e. The topological polar surface area (TPSA) is 60.9 Å². The van der Waals surface area contributed by atoms with E-state index in [1.54, 1.807) is 29.5 Å². The Morgan fingerprint density at radius 1 is 0.941 bits per heavy atom. The summed E-state index contributed by atoms with van der Waals surface area (Å²) in [5.74, 6) is -0.114. The Bertz CT molecular complexity index is 1320. The number of carbonyl (C=O) groups is 1. The summed E-state index contributed by atoms with van der Waals surface area (Å²) >= 11 is 1.68. The van der Waals surface area contributed by atoms with Crippen LogP contribution in [-0.4, -0.2) is 56.3 Å². The van der Waals surface area contributed by atoms with Gasteiger partial charge in [-0.25, -0.2) is 8.42 Å². The predicted molar refractivity (Wildman–Crippen MR) is 136 cm³/mol. The first-order chi connectivity index (χ1) is 16.3. The molecule has 0 spiro atoms. The number of aryl methyl sites for hydroxylation is 1. The Kier molecular flexibility index (Phi) is 6.22. The van der Waals surface area contributed by atoms with Gasteiger partial charge in [0.25, 0.3) is 5.91 Å². The van der Waals surface area contributed by atoms with Crippen molar-refractivity contribution in [3.8, 4) is 0 Å². The van der Waals surface area contributed by atoms with E-state index in [9.17, 15) is 13.2 Å². The molecule has 0 bridgehead atoms. The zero-order valence-corrected chi connectivity index (χ0v) is 21.2. The summed E-state index contributed by atoms with van der Waals surface area (Å²) in [5.41, 5.74) is 5.25. The number of nitrogens with zero attached hydrogens (tertiary/aromatic N) is 3. The molecule has 1 aromatic heterocycles. The van der Waals surface area contributed by atoms with Crippen LogP contribution in [-0.2, 0) is 23.0 Å². The highest BCUT2D eigenvalue weighted by Crippen LogP contribution is 2.29. The maximum atomic E-state index is 13.3.